The monoisotopic (exact) mass is 305 g/mol. The van der Waals surface area contributed by atoms with E-state index in [4.69, 9.17) is 5.73 Å². The van der Waals surface area contributed by atoms with E-state index in [0.717, 1.165) is 21.4 Å². The normalized spacial score (nSPS) is 11.6. The molecule has 1 aromatic heterocycles. The molecular formula is C14H16BrN3. The molecule has 0 spiro atoms. The predicted octanol–water partition coefficient (Wildman–Crippen LogP) is 3.41. The number of benzene rings is 1. The highest BCUT2D eigenvalue weighted by Crippen LogP contribution is 2.27. The molecule has 0 saturated heterocycles. The maximum atomic E-state index is 6.07. The van der Waals surface area contributed by atoms with Gasteiger partial charge < -0.3 is 5.73 Å². The first-order valence-corrected chi connectivity index (χ1v) is 6.57. The first kappa shape index (κ1) is 13.2. The van der Waals surface area contributed by atoms with Crippen molar-refractivity contribution in [1.82, 2.24) is 9.97 Å². The largest absolute Gasteiger partial charge is 0.319 e. The Labute approximate surface area is 116 Å². The van der Waals surface area contributed by atoms with Crippen LogP contribution in [0.5, 0.6) is 0 Å². The van der Waals surface area contributed by atoms with Crippen molar-refractivity contribution in [3.05, 3.63) is 46.3 Å². The minimum atomic E-state index is -0.540. The molecule has 0 amide bonds. The van der Waals surface area contributed by atoms with Gasteiger partial charge in [0.1, 0.15) is 5.82 Å². The van der Waals surface area contributed by atoms with Crippen LogP contribution in [0.15, 0.2) is 34.8 Å². The lowest BCUT2D eigenvalue weighted by molar-refractivity contribution is 0.512. The van der Waals surface area contributed by atoms with Gasteiger partial charge in [0.05, 0.1) is 11.2 Å². The van der Waals surface area contributed by atoms with E-state index in [-0.39, 0.29) is 0 Å². The van der Waals surface area contributed by atoms with Crippen LogP contribution in [-0.4, -0.2) is 9.97 Å². The van der Waals surface area contributed by atoms with Crippen molar-refractivity contribution in [1.29, 1.82) is 0 Å². The van der Waals surface area contributed by atoms with Gasteiger partial charge in [-0.3, -0.25) is 0 Å². The standard InChI is InChI=1S/C14H16BrN3/c1-9-8-12(10-6-4-5-7-11(10)15)18-13(17-9)14(2,3)16/h4-8H,16H2,1-3H3. The van der Waals surface area contributed by atoms with Gasteiger partial charge in [0, 0.05) is 15.7 Å². The van der Waals surface area contributed by atoms with Crippen LogP contribution in [0.25, 0.3) is 11.3 Å². The van der Waals surface area contributed by atoms with Crippen LogP contribution in [0.2, 0.25) is 0 Å². The molecule has 0 aliphatic carbocycles. The molecule has 1 aromatic carbocycles. The highest BCUT2D eigenvalue weighted by Gasteiger charge is 2.19. The van der Waals surface area contributed by atoms with Crippen molar-refractivity contribution in [3.8, 4) is 11.3 Å². The van der Waals surface area contributed by atoms with Crippen LogP contribution < -0.4 is 5.73 Å². The van der Waals surface area contributed by atoms with Gasteiger partial charge in [-0.1, -0.05) is 34.1 Å². The molecule has 0 saturated carbocycles. The molecule has 18 heavy (non-hydrogen) atoms. The van der Waals surface area contributed by atoms with E-state index in [2.05, 4.69) is 25.9 Å². The fourth-order valence-corrected chi connectivity index (χ4v) is 2.15. The lowest BCUT2D eigenvalue weighted by atomic mass is 10.1. The average molecular weight is 306 g/mol. The summed E-state index contributed by atoms with van der Waals surface area (Å²) in [6.45, 7) is 5.77. The number of nitrogens with two attached hydrogens (primary N) is 1. The summed E-state index contributed by atoms with van der Waals surface area (Å²) >= 11 is 3.54. The Morgan fingerprint density at radius 2 is 1.83 bits per heavy atom. The zero-order chi connectivity index (χ0) is 13.3. The van der Waals surface area contributed by atoms with E-state index in [0.29, 0.717) is 5.82 Å². The molecule has 94 valence electrons. The summed E-state index contributed by atoms with van der Waals surface area (Å²) in [4.78, 5) is 8.98. The Morgan fingerprint density at radius 3 is 2.44 bits per heavy atom. The Bertz CT molecular complexity index is 573. The number of aromatic nitrogens is 2. The minimum Gasteiger partial charge on any atom is -0.319 e. The molecule has 2 N–H and O–H groups in total. The van der Waals surface area contributed by atoms with Crippen LogP contribution in [0, 0.1) is 6.92 Å². The summed E-state index contributed by atoms with van der Waals surface area (Å²) in [5, 5.41) is 0. The van der Waals surface area contributed by atoms with Gasteiger partial charge in [-0.15, -0.1) is 0 Å². The molecular weight excluding hydrogens is 290 g/mol. The van der Waals surface area contributed by atoms with E-state index in [1.54, 1.807) is 0 Å². The fourth-order valence-electron chi connectivity index (χ4n) is 1.66. The number of nitrogens with zero attached hydrogens (tertiary/aromatic N) is 2. The van der Waals surface area contributed by atoms with E-state index in [1.807, 2.05) is 51.1 Å². The van der Waals surface area contributed by atoms with E-state index in [1.165, 1.54) is 0 Å². The summed E-state index contributed by atoms with van der Waals surface area (Å²) in [7, 11) is 0. The second-order valence-electron chi connectivity index (χ2n) is 4.92. The van der Waals surface area contributed by atoms with Crippen molar-refractivity contribution in [2.75, 3.05) is 0 Å². The third-order valence-corrected chi connectivity index (χ3v) is 3.27. The molecule has 0 aliphatic heterocycles. The maximum Gasteiger partial charge on any atom is 0.148 e. The first-order valence-electron chi connectivity index (χ1n) is 5.78. The molecule has 2 aromatic rings. The summed E-state index contributed by atoms with van der Waals surface area (Å²) in [5.74, 6) is 0.660. The van der Waals surface area contributed by atoms with E-state index in [9.17, 15) is 0 Å². The highest BCUT2D eigenvalue weighted by molar-refractivity contribution is 9.10. The quantitative estimate of drug-likeness (QED) is 0.925. The third-order valence-electron chi connectivity index (χ3n) is 2.58. The Morgan fingerprint density at radius 1 is 1.17 bits per heavy atom. The van der Waals surface area contributed by atoms with Crippen molar-refractivity contribution in [2.24, 2.45) is 5.73 Å². The lowest BCUT2D eigenvalue weighted by Gasteiger charge is -2.18. The van der Waals surface area contributed by atoms with Crippen molar-refractivity contribution >= 4 is 15.9 Å². The molecule has 0 aliphatic rings. The van der Waals surface area contributed by atoms with Crippen molar-refractivity contribution in [3.63, 3.8) is 0 Å². The Hall–Kier alpha value is -1.26. The fraction of sp³-hybridized carbons (Fsp3) is 0.286. The molecule has 0 unspecified atom stereocenters. The summed E-state index contributed by atoms with van der Waals surface area (Å²) in [5.41, 5.74) is 8.40. The van der Waals surface area contributed by atoms with Gasteiger partial charge in [0.25, 0.3) is 0 Å². The zero-order valence-corrected chi connectivity index (χ0v) is 12.3. The summed E-state index contributed by atoms with van der Waals surface area (Å²) in [6.07, 6.45) is 0. The number of rotatable bonds is 2. The number of aryl methyl sites for hydroxylation is 1. The van der Waals surface area contributed by atoms with Crippen LogP contribution in [0.4, 0.5) is 0 Å². The van der Waals surface area contributed by atoms with Crippen LogP contribution in [-0.2, 0) is 5.54 Å². The molecule has 4 heteroatoms. The Kier molecular flexibility index (Phi) is 3.50. The summed E-state index contributed by atoms with van der Waals surface area (Å²) in [6, 6.07) is 9.97. The van der Waals surface area contributed by atoms with Gasteiger partial charge >= 0.3 is 0 Å². The molecule has 1 heterocycles. The van der Waals surface area contributed by atoms with Gasteiger partial charge in [-0.2, -0.15) is 0 Å². The van der Waals surface area contributed by atoms with Gasteiger partial charge in [0.2, 0.25) is 0 Å². The van der Waals surface area contributed by atoms with Crippen LogP contribution in [0.3, 0.4) is 0 Å². The number of hydrogen-bond acceptors (Lipinski definition) is 3. The molecule has 0 fully saturated rings. The van der Waals surface area contributed by atoms with Crippen LogP contribution in [0.1, 0.15) is 25.4 Å². The predicted molar refractivity (Wildman–Crippen MR) is 77.1 cm³/mol. The average Bonchev–Trinajstić information content (AvgIpc) is 2.27. The molecule has 0 bridgehead atoms. The highest BCUT2D eigenvalue weighted by atomic mass is 79.9. The molecule has 2 rings (SSSR count). The second-order valence-corrected chi connectivity index (χ2v) is 5.77. The van der Waals surface area contributed by atoms with Crippen molar-refractivity contribution < 1.29 is 0 Å². The van der Waals surface area contributed by atoms with Crippen molar-refractivity contribution in [2.45, 2.75) is 26.3 Å². The second kappa shape index (κ2) is 4.78. The minimum absolute atomic E-state index is 0.540. The molecule has 0 atom stereocenters. The topological polar surface area (TPSA) is 51.8 Å². The third kappa shape index (κ3) is 2.76. The summed E-state index contributed by atoms with van der Waals surface area (Å²) < 4.78 is 1.02. The smallest absolute Gasteiger partial charge is 0.148 e. The van der Waals surface area contributed by atoms with E-state index < -0.39 is 5.54 Å². The number of hydrogen-bond donors (Lipinski definition) is 1. The maximum absolute atomic E-state index is 6.07. The van der Waals surface area contributed by atoms with Crippen LogP contribution >= 0.6 is 15.9 Å². The Balaban J connectivity index is 2.60. The molecule has 0 radical (unpaired) electrons. The van der Waals surface area contributed by atoms with Gasteiger partial charge in [-0.05, 0) is 32.9 Å². The SMILES string of the molecule is Cc1cc(-c2ccccc2Br)nc(C(C)(C)N)n1. The van der Waals surface area contributed by atoms with E-state index >= 15 is 0 Å². The first-order chi connectivity index (χ1) is 8.38. The lowest BCUT2D eigenvalue weighted by Crippen LogP contribution is -2.31. The zero-order valence-electron chi connectivity index (χ0n) is 10.7. The molecule has 3 nitrogen and oxygen atoms in total. The number of halogens is 1. The van der Waals surface area contributed by atoms with Gasteiger partial charge in [-0.25, -0.2) is 9.97 Å². The van der Waals surface area contributed by atoms with Gasteiger partial charge in [0.15, 0.2) is 0 Å².